The normalized spacial score (nSPS) is 16.7. The summed E-state index contributed by atoms with van der Waals surface area (Å²) in [5.41, 5.74) is 4.97. The smallest absolute Gasteiger partial charge is 0.0893 e. The minimum atomic E-state index is -0.857. The molecule has 0 saturated carbocycles. The fourth-order valence-corrected chi connectivity index (χ4v) is 2.92. The fraction of sp³-hybridized carbons (Fsp3) is 1.00. The van der Waals surface area contributed by atoms with E-state index < -0.39 is 5.60 Å². The van der Waals surface area contributed by atoms with Crippen LogP contribution in [0.5, 0.6) is 0 Å². The molecular weight excluding hydrogens is 198 g/mol. The van der Waals surface area contributed by atoms with Gasteiger partial charge in [0.1, 0.15) is 0 Å². The number of hydrogen-bond acceptors (Lipinski definition) is 2. The van der Waals surface area contributed by atoms with Gasteiger partial charge in [-0.1, -0.05) is 55.4 Å². The van der Waals surface area contributed by atoms with Crippen molar-refractivity contribution in [3.63, 3.8) is 0 Å². The molecule has 1 atom stereocenters. The van der Waals surface area contributed by atoms with E-state index in [9.17, 15) is 5.11 Å². The van der Waals surface area contributed by atoms with Crippen LogP contribution >= 0.6 is 0 Å². The Hall–Kier alpha value is -0.0800. The van der Waals surface area contributed by atoms with E-state index >= 15 is 0 Å². The van der Waals surface area contributed by atoms with Crippen LogP contribution in [0.1, 0.15) is 61.8 Å². The molecule has 0 aromatic heterocycles. The second-order valence-corrected chi connectivity index (χ2v) is 7.50. The quantitative estimate of drug-likeness (QED) is 0.781. The molecule has 0 fully saturated rings. The Bertz CT molecular complexity index is 206. The number of hydrogen-bond donors (Lipinski definition) is 2. The van der Waals surface area contributed by atoms with Gasteiger partial charge in [0.2, 0.25) is 0 Å². The lowest BCUT2D eigenvalue weighted by molar-refractivity contribution is -0.155. The Balaban J connectivity index is 5.27. The summed E-state index contributed by atoms with van der Waals surface area (Å²) in [5, 5.41) is 11.1. The van der Waals surface area contributed by atoms with E-state index in [2.05, 4.69) is 55.4 Å². The van der Waals surface area contributed by atoms with Crippen LogP contribution in [-0.2, 0) is 0 Å². The zero-order chi connectivity index (χ0) is 13.4. The lowest BCUT2D eigenvalue weighted by atomic mass is 9.58. The van der Waals surface area contributed by atoms with Gasteiger partial charge in [0.25, 0.3) is 0 Å². The summed E-state index contributed by atoms with van der Waals surface area (Å²) in [7, 11) is 0. The standard InChI is InChI=1S/C14H31NO/c1-10(2)9-11(15)14(16,12(3,4)5)13(6,7)8/h10-11,16H,9,15H2,1-8H3. The minimum absolute atomic E-state index is 0.188. The summed E-state index contributed by atoms with van der Waals surface area (Å²) in [6.07, 6.45) is 0.852. The first-order chi connectivity index (χ1) is 6.84. The highest BCUT2D eigenvalue weighted by Crippen LogP contribution is 2.46. The van der Waals surface area contributed by atoms with Crippen molar-refractivity contribution in [2.75, 3.05) is 0 Å². The predicted octanol–water partition coefficient (Wildman–Crippen LogP) is 3.18. The zero-order valence-corrected chi connectivity index (χ0v) is 12.4. The van der Waals surface area contributed by atoms with E-state index in [1.54, 1.807) is 0 Å². The van der Waals surface area contributed by atoms with Crippen molar-refractivity contribution in [3.05, 3.63) is 0 Å². The molecule has 0 aliphatic heterocycles. The molecule has 0 rings (SSSR count). The summed E-state index contributed by atoms with van der Waals surface area (Å²) in [4.78, 5) is 0. The maximum atomic E-state index is 11.1. The molecule has 1 unspecified atom stereocenters. The maximum Gasteiger partial charge on any atom is 0.0893 e. The van der Waals surface area contributed by atoms with Gasteiger partial charge in [0.05, 0.1) is 5.60 Å². The molecular formula is C14H31NO. The van der Waals surface area contributed by atoms with E-state index in [4.69, 9.17) is 5.73 Å². The van der Waals surface area contributed by atoms with Gasteiger partial charge < -0.3 is 10.8 Å². The van der Waals surface area contributed by atoms with Crippen LogP contribution in [-0.4, -0.2) is 16.7 Å². The molecule has 0 spiro atoms. The molecule has 0 aromatic carbocycles. The van der Waals surface area contributed by atoms with E-state index in [0.717, 1.165) is 6.42 Å². The van der Waals surface area contributed by atoms with E-state index in [0.29, 0.717) is 5.92 Å². The Kier molecular flexibility index (Phi) is 4.63. The van der Waals surface area contributed by atoms with Gasteiger partial charge >= 0.3 is 0 Å². The van der Waals surface area contributed by atoms with Gasteiger partial charge in [0, 0.05) is 6.04 Å². The van der Waals surface area contributed by atoms with Gasteiger partial charge in [-0.15, -0.1) is 0 Å². The summed E-state index contributed by atoms with van der Waals surface area (Å²) >= 11 is 0. The van der Waals surface area contributed by atoms with E-state index in [1.165, 1.54) is 0 Å². The minimum Gasteiger partial charge on any atom is -0.387 e. The highest BCUT2D eigenvalue weighted by atomic mass is 16.3. The molecule has 98 valence electrons. The number of rotatable bonds is 3. The fourth-order valence-electron chi connectivity index (χ4n) is 2.92. The van der Waals surface area contributed by atoms with Crippen molar-refractivity contribution in [1.82, 2.24) is 0 Å². The maximum absolute atomic E-state index is 11.1. The molecule has 0 amide bonds. The van der Waals surface area contributed by atoms with Crippen LogP contribution < -0.4 is 5.73 Å². The summed E-state index contributed by atoms with van der Waals surface area (Å²) in [6.45, 7) is 16.7. The second-order valence-electron chi connectivity index (χ2n) is 7.50. The molecule has 16 heavy (non-hydrogen) atoms. The molecule has 0 bridgehead atoms. The van der Waals surface area contributed by atoms with Crippen LogP contribution in [0.4, 0.5) is 0 Å². The monoisotopic (exact) mass is 229 g/mol. The molecule has 0 aliphatic rings. The van der Waals surface area contributed by atoms with E-state index in [1.807, 2.05) is 0 Å². The Morgan fingerprint density at radius 2 is 1.25 bits per heavy atom. The highest BCUT2D eigenvalue weighted by Gasteiger charge is 2.53. The van der Waals surface area contributed by atoms with Crippen LogP contribution in [0.15, 0.2) is 0 Å². The topological polar surface area (TPSA) is 46.2 Å². The second kappa shape index (κ2) is 4.66. The Morgan fingerprint density at radius 1 is 0.938 bits per heavy atom. The largest absolute Gasteiger partial charge is 0.387 e. The summed E-state index contributed by atoms with van der Waals surface area (Å²) < 4.78 is 0. The lowest BCUT2D eigenvalue weighted by Crippen LogP contribution is -2.64. The van der Waals surface area contributed by atoms with Crippen LogP contribution in [0.2, 0.25) is 0 Å². The van der Waals surface area contributed by atoms with Crippen molar-refractivity contribution >= 4 is 0 Å². The molecule has 0 aromatic rings. The molecule has 0 heterocycles. The molecule has 3 N–H and O–H groups in total. The number of nitrogens with two attached hydrogens (primary N) is 1. The van der Waals surface area contributed by atoms with Gasteiger partial charge in [-0.25, -0.2) is 0 Å². The Morgan fingerprint density at radius 3 is 1.44 bits per heavy atom. The molecule has 0 aliphatic carbocycles. The molecule has 2 heteroatoms. The van der Waals surface area contributed by atoms with Crippen LogP contribution in [0.3, 0.4) is 0 Å². The summed E-state index contributed by atoms with van der Waals surface area (Å²) in [5.74, 6) is 0.506. The van der Waals surface area contributed by atoms with E-state index in [-0.39, 0.29) is 16.9 Å². The molecule has 2 nitrogen and oxygen atoms in total. The molecule has 0 saturated heterocycles. The van der Waals surface area contributed by atoms with Crippen LogP contribution in [0.25, 0.3) is 0 Å². The highest BCUT2D eigenvalue weighted by molar-refractivity contribution is 5.05. The predicted molar refractivity (Wildman–Crippen MR) is 71.3 cm³/mol. The van der Waals surface area contributed by atoms with Crippen molar-refractivity contribution in [3.8, 4) is 0 Å². The third-order valence-corrected chi connectivity index (χ3v) is 3.55. The van der Waals surface area contributed by atoms with Gasteiger partial charge in [-0.3, -0.25) is 0 Å². The SMILES string of the molecule is CC(C)CC(N)C(O)(C(C)(C)C)C(C)(C)C. The lowest BCUT2D eigenvalue weighted by Gasteiger charge is -2.53. The third kappa shape index (κ3) is 2.98. The number of aliphatic hydroxyl groups is 1. The Labute approximate surface area is 102 Å². The average Bonchev–Trinajstić information content (AvgIpc) is 1.96. The first kappa shape index (κ1) is 15.9. The first-order valence-electron chi connectivity index (χ1n) is 6.32. The van der Waals surface area contributed by atoms with Gasteiger partial charge in [-0.05, 0) is 23.2 Å². The van der Waals surface area contributed by atoms with Crippen molar-refractivity contribution in [2.45, 2.75) is 73.5 Å². The average molecular weight is 229 g/mol. The first-order valence-corrected chi connectivity index (χ1v) is 6.32. The molecule has 0 radical (unpaired) electrons. The van der Waals surface area contributed by atoms with Crippen LogP contribution in [0, 0.1) is 16.7 Å². The van der Waals surface area contributed by atoms with Crippen molar-refractivity contribution in [1.29, 1.82) is 0 Å². The summed E-state index contributed by atoms with van der Waals surface area (Å²) in [6, 6.07) is -0.188. The third-order valence-electron chi connectivity index (χ3n) is 3.55. The van der Waals surface area contributed by atoms with Crippen molar-refractivity contribution < 1.29 is 5.11 Å². The zero-order valence-electron chi connectivity index (χ0n) is 12.4. The van der Waals surface area contributed by atoms with Gasteiger partial charge in [-0.2, -0.15) is 0 Å². The van der Waals surface area contributed by atoms with Gasteiger partial charge in [0.15, 0.2) is 0 Å². The van der Waals surface area contributed by atoms with Crippen molar-refractivity contribution in [2.24, 2.45) is 22.5 Å².